The van der Waals surface area contributed by atoms with E-state index in [0.29, 0.717) is 0 Å². The van der Waals surface area contributed by atoms with E-state index < -0.39 is 0 Å². The van der Waals surface area contributed by atoms with Crippen molar-refractivity contribution in [1.29, 1.82) is 0 Å². The number of aryl methyl sites for hydroxylation is 1. The molecule has 0 heterocycles. The van der Waals surface area contributed by atoms with Crippen LogP contribution >= 0.6 is 12.6 Å². The molecule has 0 aliphatic rings. The SMILES string of the molecule is Cc1cccc(-c2ccc(S)cc2)c1. The Hall–Kier alpha value is -1.21. The fraction of sp³-hybridized carbons (Fsp3) is 0.0769. The molecule has 70 valence electrons. The molecular weight excluding hydrogens is 188 g/mol. The van der Waals surface area contributed by atoms with Crippen molar-refractivity contribution >= 4 is 12.6 Å². The van der Waals surface area contributed by atoms with Crippen molar-refractivity contribution in [2.24, 2.45) is 0 Å². The van der Waals surface area contributed by atoms with Crippen molar-refractivity contribution in [3.05, 3.63) is 54.1 Å². The molecule has 1 heteroatoms. The van der Waals surface area contributed by atoms with E-state index in [-0.39, 0.29) is 0 Å². The average molecular weight is 200 g/mol. The molecule has 0 saturated carbocycles. The summed E-state index contributed by atoms with van der Waals surface area (Å²) in [7, 11) is 0. The molecule has 2 aromatic carbocycles. The van der Waals surface area contributed by atoms with Crippen LogP contribution in [-0.4, -0.2) is 0 Å². The molecule has 0 aliphatic heterocycles. The number of rotatable bonds is 1. The minimum absolute atomic E-state index is 1.00. The van der Waals surface area contributed by atoms with Crippen LogP contribution in [0, 0.1) is 6.92 Å². The molecule has 0 saturated heterocycles. The van der Waals surface area contributed by atoms with E-state index in [9.17, 15) is 0 Å². The van der Waals surface area contributed by atoms with Crippen LogP contribution in [0.3, 0.4) is 0 Å². The van der Waals surface area contributed by atoms with Gasteiger partial charge in [-0.1, -0.05) is 42.0 Å². The molecule has 0 spiro atoms. The highest BCUT2D eigenvalue weighted by Crippen LogP contribution is 2.21. The van der Waals surface area contributed by atoms with E-state index in [2.05, 4.69) is 56.0 Å². The van der Waals surface area contributed by atoms with E-state index in [1.165, 1.54) is 16.7 Å². The lowest BCUT2D eigenvalue weighted by atomic mass is 10.0. The summed E-state index contributed by atoms with van der Waals surface area (Å²) in [5, 5.41) is 0. The molecule has 0 nitrogen and oxygen atoms in total. The predicted octanol–water partition coefficient (Wildman–Crippen LogP) is 3.95. The molecule has 14 heavy (non-hydrogen) atoms. The average Bonchev–Trinajstić information content (AvgIpc) is 2.19. The topological polar surface area (TPSA) is 0 Å². The summed E-state index contributed by atoms with van der Waals surface area (Å²) in [6, 6.07) is 16.7. The van der Waals surface area contributed by atoms with Crippen molar-refractivity contribution < 1.29 is 0 Å². The van der Waals surface area contributed by atoms with Gasteiger partial charge in [0.25, 0.3) is 0 Å². The van der Waals surface area contributed by atoms with E-state index in [1.54, 1.807) is 0 Å². The van der Waals surface area contributed by atoms with Gasteiger partial charge < -0.3 is 0 Å². The summed E-state index contributed by atoms with van der Waals surface area (Å²) < 4.78 is 0. The molecule has 0 amide bonds. The number of hydrogen-bond acceptors (Lipinski definition) is 1. The lowest BCUT2D eigenvalue weighted by Crippen LogP contribution is -1.78. The van der Waals surface area contributed by atoms with E-state index >= 15 is 0 Å². The second-order valence-corrected chi connectivity index (χ2v) is 3.93. The third kappa shape index (κ3) is 1.99. The maximum absolute atomic E-state index is 4.26. The van der Waals surface area contributed by atoms with Crippen LogP contribution in [0.5, 0.6) is 0 Å². The van der Waals surface area contributed by atoms with Gasteiger partial charge in [-0.15, -0.1) is 12.6 Å². The largest absolute Gasteiger partial charge is 0.143 e. The molecule has 0 bridgehead atoms. The van der Waals surface area contributed by atoms with Crippen LogP contribution < -0.4 is 0 Å². The predicted molar refractivity (Wildman–Crippen MR) is 63.9 cm³/mol. The highest BCUT2D eigenvalue weighted by molar-refractivity contribution is 7.80. The quantitative estimate of drug-likeness (QED) is 0.662. The fourth-order valence-corrected chi connectivity index (χ4v) is 1.63. The van der Waals surface area contributed by atoms with Crippen molar-refractivity contribution in [2.45, 2.75) is 11.8 Å². The van der Waals surface area contributed by atoms with Gasteiger partial charge in [0.05, 0.1) is 0 Å². The zero-order valence-corrected chi connectivity index (χ0v) is 8.96. The zero-order chi connectivity index (χ0) is 9.97. The third-order valence-electron chi connectivity index (χ3n) is 2.22. The van der Waals surface area contributed by atoms with Gasteiger partial charge in [-0.3, -0.25) is 0 Å². The standard InChI is InChI=1S/C13H12S/c1-10-3-2-4-12(9-10)11-5-7-13(14)8-6-11/h2-9,14H,1H3. The number of benzene rings is 2. The molecule has 0 radical (unpaired) electrons. The molecular formula is C13H12S. The highest BCUT2D eigenvalue weighted by atomic mass is 32.1. The van der Waals surface area contributed by atoms with Crippen molar-refractivity contribution in [1.82, 2.24) is 0 Å². The lowest BCUT2D eigenvalue weighted by molar-refractivity contribution is 1.44. The van der Waals surface area contributed by atoms with E-state index in [4.69, 9.17) is 0 Å². The van der Waals surface area contributed by atoms with Crippen LogP contribution in [0.2, 0.25) is 0 Å². The normalized spacial score (nSPS) is 10.1. The van der Waals surface area contributed by atoms with E-state index in [1.807, 2.05) is 12.1 Å². The molecule has 0 N–H and O–H groups in total. The summed E-state index contributed by atoms with van der Waals surface area (Å²) in [5.74, 6) is 0. The van der Waals surface area contributed by atoms with Gasteiger partial charge in [0, 0.05) is 4.90 Å². The zero-order valence-electron chi connectivity index (χ0n) is 8.07. The minimum atomic E-state index is 1.00. The third-order valence-corrected chi connectivity index (χ3v) is 2.52. The Labute approximate surface area is 90.0 Å². The van der Waals surface area contributed by atoms with Crippen LogP contribution in [0.4, 0.5) is 0 Å². The molecule has 0 unspecified atom stereocenters. The maximum atomic E-state index is 4.26. The first-order chi connectivity index (χ1) is 6.75. The minimum Gasteiger partial charge on any atom is -0.143 e. The lowest BCUT2D eigenvalue weighted by Gasteiger charge is -2.02. The van der Waals surface area contributed by atoms with Gasteiger partial charge in [0.15, 0.2) is 0 Å². The van der Waals surface area contributed by atoms with Crippen LogP contribution in [0.15, 0.2) is 53.4 Å². The molecule has 0 fully saturated rings. The Bertz CT molecular complexity index is 429. The molecule has 0 aliphatic carbocycles. The molecule has 0 aromatic heterocycles. The summed E-state index contributed by atoms with van der Waals surface area (Å²) in [5.41, 5.74) is 3.79. The summed E-state index contributed by atoms with van der Waals surface area (Å²) in [6.07, 6.45) is 0. The first kappa shape index (κ1) is 9.35. The first-order valence-corrected chi connectivity index (χ1v) is 5.06. The monoisotopic (exact) mass is 200 g/mol. The van der Waals surface area contributed by atoms with Crippen LogP contribution in [0.1, 0.15) is 5.56 Å². The van der Waals surface area contributed by atoms with Crippen molar-refractivity contribution in [3.8, 4) is 11.1 Å². The van der Waals surface area contributed by atoms with Gasteiger partial charge in [0.1, 0.15) is 0 Å². The summed E-state index contributed by atoms with van der Waals surface area (Å²) in [4.78, 5) is 1.00. The summed E-state index contributed by atoms with van der Waals surface area (Å²) in [6.45, 7) is 2.11. The van der Waals surface area contributed by atoms with Crippen molar-refractivity contribution in [2.75, 3.05) is 0 Å². The number of hydrogen-bond donors (Lipinski definition) is 1. The fourth-order valence-electron chi connectivity index (χ4n) is 1.48. The van der Waals surface area contributed by atoms with Gasteiger partial charge >= 0.3 is 0 Å². The van der Waals surface area contributed by atoms with Gasteiger partial charge in [-0.25, -0.2) is 0 Å². The Balaban J connectivity index is 2.44. The molecule has 0 atom stereocenters. The Kier molecular flexibility index (Phi) is 2.60. The number of thiol groups is 1. The van der Waals surface area contributed by atoms with Crippen LogP contribution in [0.25, 0.3) is 11.1 Å². The second kappa shape index (κ2) is 3.89. The van der Waals surface area contributed by atoms with Crippen molar-refractivity contribution in [3.63, 3.8) is 0 Å². The van der Waals surface area contributed by atoms with Gasteiger partial charge in [0.2, 0.25) is 0 Å². The van der Waals surface area contributed by atoms with Crippen LogP contribution in [-0.2, 0) is 0 Å². The van der Waals surface area contributed by atoms with Gasteiger partial charge in [-0.2, -0.15) is 0 Å². The first-order valence-electron chi connectivity index (χ1n) is 4.62. The molecule has 2 rings (SSSR count). The maximum Gasteiger partial charge on any atom is 0.00404 e. The molecule has 2 aromatic rings. The Morgan fingerprint density at radius 2 is 1.57 bits per heavy atom. The Morgan fingerprint density at radius 3 is 2.21 bits per heavy atom. The smallest absolute Gasteiger partial charge is 0.00404 e. The highest BCUT2D eigenvalue weighted by Gasteiger charge is 1.96. The van der Waals surface area contributed by atoms with Gasteiger partial charge in [-0.05, 0) is 30.2 Å². The Morgan fingerprint density at radius 1 is 0.857 bits per heavy atom. The summed E-state index contributed by atoms with van der Waals surface area (Å²) >= 11 is 4.26. The second-order valence-electron chi connectivity index (χ2n) is 3.42. The van der Waals surface area contributed by atoms with E-state index in [0.717, 1.165) is 4.90 Å².